The molecule has 23 heavy (non-hydrogen) atoms. The Labute approximate surface area is 153 Å². The van der Waals surface area contributed by atoms with E-state index in [0.29, 0.717) is 23.9 Å². The van der Waals surface area contributed by atoms with E-state index < -0.39 is 0 Å². The summed E-state index contributed by atoms with van der Waals surface area (Å²) in [5, 5.41) is 3.20. The number of rotatable bonds is 5. The molecule has 3 aliphatic carbocycles. The third kappa shape index (κ3) is 4.97. The molecular formula is C17H33Cl2N3O. The Bertz CT molecular complexity index is 378. The fourth-order valence-corrected chi connectivity index (χ4v) is 4.38. The van der Waals surface area contributed by atoms with Crippen LogP contribution in [0.1, 0.15) is 51.9 Å². The number of nitrogens with zero attached hydrogens (tertiary/aromatic N) is 1. The Morgan fingerprint density at radius 2 is 1.74 bits per heavy atom. The number of nitrogens with two attached hydrogens (primary N) is 1. The number of hydrogen-bond acceptors (Lipinski definition) is 3. The summed E-state index contributed by atoms with van der Waals surface area (Å²) in [5.74, 6) is 1.65. The van der Waals surface area contributed by atoms with Crippen molar-refractivity contribution >= 4 is 30.7 Å². The molecule has 0 heterocycles. The maximum atomic E-state index is 12.5. The van der Waals surface area contributed by atoms with Crippen molar-refractivity contribution in [3.63, 3.8) is 0 Å². The molecule has 3 saturated carbocycles. The highest BCUT2D eigenvalue weighted by Gasteiger charge is 2.40. The van der Waals surface area contributed by atoms with Gasteiger partial charge in [-0.15, -0.1) is 24.8 Å². The number of halogens is 2. The Morgan fingerprint density at radius 3 is 2.26 bits per heavy atom. The SMILES string of the molecule is CC(CNC(=O)C1CC2CCCC(C1)C2N)N(C)C1CC1.Cl.Cl. The molecule has 0 aromatic rings. The fourth-order valence-electron chi connectivity index (χ4n) is 4.38. The zero-order valence-electron chi connectivity index (χ0n) is 14.4. The minimum Gasteiger partial charge on any atom is -0.354 e. The summed E-state index contributed by atoms with van der Waals surface area (Å²) in [4.78, 5) is 14.9. The van der Waals surface area contributed by atoms with Crippen molar-refractivity contribution in [3.8, 4) is 0 Å². The van der Waals surface area contributed by atoms with E-state index in [2.05, 4.69) is 24.2 Å². The molecule has 3 rings (SSSR count). The average molecular weight is 366 g/mol. The van der Waals surface area contributed by atoms with Crippen molar-refractivity contribution in [2.45, 2.75) is 70.0 Å². The van der Waals surface area contributed by atoms with Crippen LogP contribution in [-0.2, 0) is 4.79 Å². The van der Waals surface area contributed by atoms with Gasteiger partial charge in [-0.3, -0.25) is 9.69 Å². The highest BCUT2D eigenvalue weighted by atomic mass is 35.5. The third-order valence-electron chi connectivity index (χ3n) is 6.17. The van der Waals surface area contributed by atoms with Gasteiger partial charge in [0, 0.05) is 30.6 Å². The maximum absolute atomic E-state index is 12.5. The third-order valence-corrected chi connectivity index (χ3v) is 6.17. The first-order chi connectivity index (χ1) is 10.1. The van der Waals surface area contributed by atoms with E-state index in [1.165, 1.54) is 32.1 Å². The number of amides is 1. The van der Waals surface area contributed by atoms with Gasteiger partial charge in [-0.25, -0.2) is 0 Å². The van der Waals surface area contributed by atoms with E-state index in [1.54, 1.807) is 0 Å². The lowest BCUT2D eigenvalue weighted by Gasteiger charge is -2.43. The normalized spacial score (nSPS) is 34.1. The Morgan fingerprint density at radius 1 is 1.17 bits per heavy atom. The second-order valence-corrected chi connectivity index (χ2v) is 7.69. The first-order valence-electron chi connectivity index (χ1n) is 8.81. The van der Waals surface area contributed by atoms with E-state index in [4.69, 9.17) is 5.73 Å². The molecule has 136 valence electrons. The van der Waals surface area contributed by atoms with Crippen molar-refractivity contribution in [2.75, 3.05) is 13.6 Å². The number of likely N-dealkylation sites (N-methyl/N-ethyl adjacent to an activating group) is 1. The Kier molecular flexibility index (Phi) is 8.12. The van der Waals surface area contributed by atoms with Crippen LogP contribution in [0.15, 0.2) is 0 Å². The highest BCUT2D eigenvalue weighted by Crippen LogP contribution is 2.41. The predicted octanol–water partition coefficient (Wildman–Crippen LogP) is 2.58. The molecule has 6 heteroatoms. The van der Waals surface area contributed by atoms with E-state index >= 15 is 0 Å². The van der Waals surface area contributed by atoms with Crippen LogP contribution >= 0.6 is 24.8 Å². The molecule has 0 aromatic carbocycles. The Balaban J connectivity index is 0.00000132. The van der Waals surface area contributed by atoms with Crippen LogP contribution in [0.25, 0.3) is 0 Å². The summed E-state index contributed by atoms with van der Waals surface area (Å²) >= 11 is 0. The van der Waals surface area contributed by atoms with Crippen LogP contribution in [0.2, 0.25) is 0 Å². The number of carbonyl (C=O) groups excluding carboxylic acids is 1. The number of carbonyl (C=O) groups is 1. The number of nitrogens with one attached hydrogen (secondary N) is 1. The second-order valence-electron chi connectivity index (χ2n) is 7.69. The maximum Gasteiger partial charge on any atom is 0.223 e. The van der Waals surface area contributed by atoms with E-state index in [9.17, 15) is 4.79 Å². The van der Waals surface area contributed by atoms with Crippen molar-refractivity contribution in [1.82, 2.24) is 10.2 Å². The molecule has 0 spiro atoms. The quantitative estimate of drug-likeness (QED) is 0.786. The monoisotopic (exact) mass is 365 g/mol. The standard InChI is InChI=1S/C17H31N3O.2ClH/c1-11(20(2)15-6-7-15)10-19-17(21)14-8-12-4-3-5-13(9-14)16(12)18;;/h11-16H,3-10,18H2,1-2H3,(H,19,21);2*1H. The van der Waals surface area contributed by atoms with Gasteiger partial charge in [-0.05, 0) is 64.3 Å². The minimum absolute atomic E-state index is 0. The van der Waals surface area contributed by atoms with Gasteiger partial charge in [0.25, 0.3) is 0 Å². The number of fused-ring (bicyclic) bond motifs is 2. The lowest BCUT2D eigenvalue weighted by atomic mass is 9.65. The summed E-state index contributed by atoms with van der Waals surface area (Å²) in [6.45, 7) is 2.99. The molecular weight excluding hydrogens is 333 g/mol. The van der Waals surface area contributed by atoms with Gasteiger partial charge in [0.2, 0.25) is 5.91 Å². The van der Waals surface area contributed by atoms with Crippen molar-refractivity contribution < 1.29 is 4.79 Å². The summed E-state index contributed by atoms with van der Waals surface area (Å²) in [5.41, 5.74) is 6.31. The van der Waals surface area contributed by atoms with Crippen LogP contribution in [-0.4, -0.2) is 42.5 Å². The Hall–Kier alpha value is -0.0300. The van der Waals surface area contributed by atoms with E-state index in [0.717, 1.165) is 25.4 Å². The van der Waals surface area contributed by atoms with Crippen molar-refractivity contribution in [2.24, 2.45) is 23.5 Å². The van der Waals surface area contributed by atoms with Gasteiger partial charge >= 0.3 is 0 Å². The van der Waals surface area contributed by atoms with Crippen LogP contribution in [0, 0.1) is 17.8 Å². The molecule has 0 aliphatic heterocycles. The molecule has 0 aromatic heterocycles. The average Bonchev–Trinajstić information content (AvgIpc) is 3.27. The minimum atomic E-state index is 0. The van der Waals surface area contributed by atoms with Crippen LogP contribution in [0.3, 0.4) is 0 Å². The first-order valence-corrected chi connectivity index (χ1v) is 8.81. The lowest BCUT2D eigenvalue weighted by molar-refractivity contribution is -0.128. The molecule has 2 bridgehead atoms. The molecule has 0 saturated heterocycles. The van der Waals surface area contributed by atoms with Crippen LogP contribution in [0.5, 0.6) is 0 Å². The number of hydrogen-bond donors (Lipinski definition) is 2. The highest BCUT2D eigenvalue weighted by molar-refractivity contribution is 5.85. The van der Waals surface area contributed by atoms with Gasteiger partial charge in [0.05, 0.1) is 0 Å². The molecule has 0 radical (unpaired) electrons. The van der Waals surface area contributed by atoms with Crippen LogP contribution < -0.4 is 11.1 Å². The van der Waals surface area contributed by atoms with Crippen molar-refractivity contribution in [3.05, 3.63) is 0 Å². The summed E-state index contributed by atoms with van der Waals surface area (Å²) in [6.07, 6.45) is 8.41. The first kappa shape index (κ1) is 21.0. The van der Waals surface area contributed by atoms with Gasteiger partial charge in [0.1, 0.15) is 0 Å². The molecule has 3 aliphatic rings. The molecule has 3 N–H and O–H groups in total. The summed E-state index contributed by atoms with van der Waals surface area (Å²) < 4.78 is 0. The zero-order valence-corrected chi connectivity index (χ0v) is 16.0. The van der Waals surface area contributed by atoms with Crippen molar-refractivity contribution in [1.29, 1.82) is 0 Å². The van der Waals surface area contributed by atoms with E-state index in [-0.39, 0.29) is 36.6 Å². The molecule has 4 nitrogen and oxygen atoms in total. The smallest absolute Gasteiger partial charge is 0.223 e. The lowest BCUT2D eigenvalue weighted by Crippen LogP contribution is -2.50. The molecule has 3 unspecified atom stereocenters. The largest absolute Gasteiger partial charge is 0.354 e. The van der Waals surface area contributed by atoms with Gasteiger partial charge in [-0.2, -0.15) is 0 Å². The summed E-state index contributed by atoms with van der Waals surface area (Å²) in [6, 6.07) is 1.54. The fraction of sp³-hybridized carbons (Fsp3) is 0.941. The summed E-state index contributed by atoms with van der Waals surface area (Å²) in [7, 11) is 2.18. The van der Waals surface area contributed by atoms with Crippen LogP contribution in [0.4, 0.5) is 0 Å². The molecule has 3 atom stereocenters. The van der Waals surface area contributed by atoms with E-state index in [1.807, 2.05) is 0 Å². The van der Waals surface area contributed by atoms with Gasteiger partial charge in [0.15, 0.2) is 0 Å². The topological polar surface area (TPSA) is 58.4 Å². The van der Waals surface area contributed by atoms with Gasteiger partial charge < -0.3 is 11.1 Å². The predicted molar refractivity (Wildman–Crippen MR) is 99.3 cm³/mol. The molecule has 3 fully saturated rings. The zero-order chi connectivity index (χ0) is 15.0. The second kappa shape index (κ2) is 8.89. The van der Waals surface area contributed by atoms with Gasteiger partial charge in [-0.1, -0.05) is 6.42 Å². The molecule has 1 amide bonds.